The number of halogens is 1. The minimum atomic E-state index is -0.463. The van der Waals surface area contributed by atoms with E-state index in [1.165, 1.54) is 6.20 Å². The fourth-order valence-corrected chi connectivity index (χ4v) is 3.35. The lowest BCUT2D eigenvalue weighted by Crippen LogP contribution is -2.29. The maximum Gasteiger partial charge on any atom is 0.302 e. The van der Waals surface area contributed by atoms with Gasteiger partial charge >= 0.3 is 6.01 Å². The lowest BCUT2D eigenvalue weighted by molar-refractivity contribution is 0.0997. The highest BCUT2D eigenvalue weighted by molar-refractivity contribution is 6.34. The van der Waals surface area contributed by atoms with E-state index in [1.807, 2.05) is 26.0 Å². The number of para-hydroxylation sites is 1. The number of hydrogen-bond acceptors (Lipinski definition) is 9. The summed E-state index contributed by atoms with van der Waals surface area (Å²) in [5, 5.41) is 9.34. The second-order valence-corrected chi connectivity index (χ2v) is 7.65. The Morgan fingerprint density at radius 3 is 2.58 bits per heavy atom. The summed E-state index contributed by atoms with van der Waals surface area (Å²) in [6, 6.07) is 5.47. The number of rotatable bonds is 11. The van der Waals surface area contributed by atoms with Gasteiger partial charge in [0.25, 0.3) is 5.91 Å². The van der Waals surface area contributed by atoms with E-state index in [0.717, 1.165) is 25.2 Å². The number of anilines is 4. The van der Waals surface area contributed by atoms with Gasteiger partial charge in [0, 0.05) is 19.5 Å². The first-order valence-corrected chi connectivity index (χ1v) is 11.3. The molecule has 1 amide bonds. The maximum absolute atomic E-state index is 12.6. The normalized spacial score (nSPS) is 11.0. The van der Waals surface area contributed by atoms with Crippen molar-refractivity contribution in [2.45, 2.75) is 34.1 Å². The average Bonchev–Trinajstić information content (AvgIpc) is 3.27. The molecule has 0 atom stereocenters. The average molecular weight is 473 g/mol. The molecule has 2 heterocycles. The fraction of sp³-hybridized carbons (Fsp3) is 0.409. The molecule has 0 aliphatic rings. The molecule has 0 unspecified atom stereocenters. The SMILES string of the molecule is CCc1nc(NCCN(CC)CC)nc(Nc2ncc(C(=O)Nc3c(C)cccc3Cl)o2)n1. The number of oxazole rings is 1. The summed E-state index contributed by atoms with van der Waals surface area (Å²) in [5.41, 5.74) is 1.37. The molecule has 11 heteroatoms. The van der Waals surface area contributed by atoms with Crippen molar-refractivity contribution in [2.75, 3.05) is 42.1 Å². The van der Waals surface area contributed by atoms with Crippen LogP contribution >= 0.6 is 11.6 Å². The molecule has 2 aromatic heterocycles. The molecule has 0 bridgehead atoms. The summed E-state index contributed by atoms with van der Waals surface area (Å²) in [4.78, 5) is 32.2. The molecule has 3 N–H and O–H groups in total. The van der Waals surface area contributed by atoms with Crippen LogP contribution in [0.15, 0.2) is 28.8 Å². The van der Waals surface area contributed by atoms with Crippen LogP contribution in [0.1, 0.15) is 42.7 Å². The van der Waals surface area contributed by atoms with Crippen molar-refractivity contribution >= 4 is 41.1 Å². The molecular weight excluding hydrogens is 444 g/mol. The van der Waals surface area contributed by atoms with Gasteiger partial charge in [-0.3, -0.25) is 10.1 Å². The predicted molar refractivity (Wildman–Crippen MR) is 129 cm³/mol. The molecule has 3 rings (SSSR count). The molecule has 176 valence electrons. The van der Waals surface area contributed by atoms with Gasteiger partial charge in [0.1, 0.15) is 5.82 Å². The molecule has 0 fully saturated rings. The highest BCUT2D eigenvalue weighted by Crippen LogP contribution is 2.26. The van der Waals surface area contributed by atoms with E-state index < -0.39 is 5.91 Å². The first-order valence-electron chi connectivity index (χ1n) is 10.9. The van der Waals surface area contributed by atoms with Crippen LogP contribution in [0.4, 0.5) is 23.6 Å². The van der Waals surface area contributed by atoms with Crippen molar-refractivity contribution in [1.29, 1.82) is 0 Å². The Balaban J connectivity index is 1.67. The molecule has 1 aromatic carbocycles. The Kier molecular flexibility index (Phi) is 8.56. The maximum atomic E-state index is 12.6. The van der Waals surface area contributed by atoms with Crippen LogP contribution in [0.3, 0.4) is 0 Å². The summed E-state index contributed by atoms with van der Waals surface area (Å²) < 4.78 is 5.55. The van der Waals surface area contributed by atoms with Crippen molar-refractivity contribution in [1.82, 2.24) is 24.8 Å². The zero-order chi connectivity index (χ0) is 23.8. The lowest BCUT2D eigenvalue weighted by Gasteiger charge is -2.18. The number of aromatic nitrogens is 4. The van der Waals surface area contributed by atoms with Gasteiger partial charge in [-0.05, 0) is 31.6 Å². The third-order valence-electron chi connectivity index (χ3n) is 5.01. The fourth-order valence-electron chi connectivity index (χ4n) is 3.08. The van der Waals surface area contributed by atoms with E-state index >= 15 is 0 Å². The van der Waals surface area contributed by atoms with Crippen LogP contribution in [0, 0.1) is 6.92 Å². The number of nitrogens with one attached hydrogen (secondary N) is 3. The lowest BCUT2D eigenvalue weighted by atomic mass is 10.2. The quantitative estimate of drug-likeness (QED) is 0.378. The highest BCUT2D eigenvalue weighted by Gasteiger charge is 2.16. The van der Waals surface area contributed by atoms with E-state index in [2.05, 4.69) is 54.6 Å². The van der Waals surface area contributed by atoms with Gasteiger partial charge in [-0.15, -0.1) is 0 Å². The molecule has 0 saturated heterocycles. The number of aryl methyl sites for hydroxylation is 2. The molecule has 3 aromatic rings. The van der Waals surface area contributed by atoms with E-state index in [4.69, 9.17) is 16.0 Å². The van der Waals surface area contributed by atoms with Gasteiger partial charge in [-0.1, -0.05) is 44.5 Å². The first-order chi connectivity index (χ1) is 15.9. The van der Waals surface area contributed by atoms with Crippen molar-refractivity contribution in [3.63, 3.8) is 0 Å². The summed E-state index contributed by atoms with van der Waals surface area (Å²) in [5.74, 6) is 0.935. The van der Waals surface area contributed by atoms with Crippen LogP contribution < -0.4 is 16.0 Å². The van der Waals surface area contributed by atoms with E-state index in [9.17, 15) is 4.79 Å². The largest absolute Gasteiger partial charge is 0.418 e. The van der Waals surface area contributed by atoms with Gasteiger partial charge < -0.3 is 20.0 Å². The molecule has 0 spiro atoms. The molecule has 10 nitrogen and oxygen atoms in total. The molecule has 0 aliphatic heterocycles. The first kappa shape index (κ1) is 24.4. The van der Waals surface area contributed by atoms with E-state index in [-0.39, 0.29) is 17.7 Å². The number of hydrogen-bond donors (Lipinski definition) is 3. The monoisotopic (exact) mass is 472 g/mol. The van der Waals surface area contributed by atoms with Crippen LogP contribution in [0.2, 0.25) is 5.02 Å². The third-order valence-corrected chi connectivity index (χ3v) is 5.33. The molecule has 33 heavy (non-hydrogen) atoms. The minimum absolute atomic E-state index is 0.0270. The molecule has 0 aliphatic carbocycles. The van der Waals surface area contributed by atoms with Crippen LogP contribution in [0.25, 0.3) is 0 Å². The number of nitrogens with zero attached hydrogens (tertiary/aromatic N) is 5. The van der Waals surface area contributed by atoms with Gasteiger partial charge in [0.2, 0.25) is 17.7 Å². The third kappa shape index (κ3) is 6.62. The second-order valence-electron chi connectivity index (χ2n) is 7.25. The van der Waals surface area contributed by atoms with Crippen molar-refractivity contribution in [3.05, 3.63) is 46.6 Å². The number of carbonyl (C=O) groups is 1. The predicted octanol–water partition coefficient (Wildman–Crippen LogP) is 4.13. The zero-order valence-corrected chi connectivity index (χ0v) is 20.0. The van der Waals surface area contributed by atoms with Crippen molar-refractivity contribution in [2.24, 2.45) is 0 Å². The molecule has 0 saturated carbocycles. The van der Waals surface area contributed by atoms with Gasteiger partial charge in [0.05, 0.1) is 16.9 Å². The van der Waals surface area contributed by atoms with Crippen LogP contribution in [-0.2, 0) is 6.42 Å². The number of benzene rings is 1. The molecular formula is C22H29ClN8O2. The smallest absolute Gasteiger partial charge is 0.302 e. The van der Waals surface area contributed by atoms with Crippen LogP contribution in [-0.4, -0.2) is 56.9 Å². The van der Waals surface area contributed by atoms with Crippen LogP contribution in [0.5, 0.6) is 0 Å². The van der Waals surface area contributed by atoms with Gasteiger partial charge in [-0.25, -0.2) is 4.98 Å². The Labute approximate surface area is 198 Å². The summed E-state index contributed by atoms with van der Waals surface area (Å²) >= 11 is 6.18. The number of carbonyl (C=O) groups excluding carboxylic acids is 1. The van der Waals surface area contributed by atoms with E-state index in [0.29, 0.717) is 35.4 Å². The summed E-state index contributed by atoms with van der Waals surface area (Å²) in [6.07, 6.45) is 1.97. The highest BCUT2D eigenvalue weighted by atomic mass is 35.5. The second kappa shape index (κ2) is 11.6. The number of likely N-dealkylation sites (N-methyl/N-ethyl adjacent to an activating group) is 1. The Morgan fingerprint density at radius 1 is 1.12 bits per heavy atom. The van der Waals surface area contributed by atoms with Gasteiger partial charge in [-0.2, -0.15) is 15.0 Å². The summed E-state index contributed by atoms with van der Waals surface area (Å²) in [6.45, 7) is 11.6. The Hall–Kier alpha value is -3.24. The minimum Gasteiger partial charge on any atom is -0.418 e. The number of amides is 1. The van der Waals surface area contributed by atoms with Crippen molar-refractivity contribution < 1.29 is 9.21 Å². The zero-order valence-electron chi connectivity index (χ0n) is 19.3. The Morgan fingerprint density at radius 2 is 1.88 bits per heavy atom. The van der Waals surface area contributed by atoms with E-state index in [1.54, 1.807) is 6.07 Å². The van der Waals surface area contributed by atoms with Crippen molar-refractivity contribution in [3.8, 4) is 0 Å². The van der Waals surface area contributed by atoms with Gasteiger partial charge in [0.15, 0.2) is 0 Å². The standard InChI is InChI=1S/C22H29ClN8O2/c1-5-17-26-20(24-11-12-31(6-2)7-3)29-21(27-17)30-22-25-13-16(33-22)19(32)28-18-14(4)9-8-10-15(18)23/h8-10,13H,5-7,11-12H2,1-4H3,(H,28,32)(H2,24,25,26,27,29,30). The summed E-state index contributed by atoms with van der Waals surface area (Å²) in [7, 11) is 0. The molecule has 0 radical (unpaired) electrons. The topological polar surface area (TPSA) is 121 Å². The Bertz CT molecular complexity index is 1060.